The number of thioether (sulfide) groups is 1. The summed E-state index contributed by atoms with van der Waals surface area (Å²) in [5.74, 6) is -0.593. The van der Waals surface area contributed by atoms with Gasteiger partial charge in [0.2, 0.25) is 11.0 Å². The normalized spacial score (nSPS) is 10.6. The van der Waals surface area contributed by atoms with Gasteiger partial charge in [-0.05, 0) is 18.2 Å². The van der Waals surface area contributed by atoms with Crippen LogP contribution in [0, 0.1) is 5.82 Å². The second kappa shape index (κ2) is 9.02. The Bertz CT molecular complexity index is 671. The lowest BCUT2D eigenvalue weighted by atomic mass is 10.3. The Hall–Kier alpha value is -1.42. The maximum Gasteiger partial charge on any atom is 0.234 e. The van der Waals surface area contributed by atoms with E-state index in [1.54, 1.807) is 7.11 Å². The van der Waals surface area contributed by atoms with Gasteiger partial charge in [0.25, 0.3) is 0 Å². The van der Waals surface area contributed by atoms with E-state index in [1.165, 1.54) is 41.3 Å². The van der Waals surface area contributed by atoms with Crippen molar-refractivity contribution in [2.75, 3.05) is 36.6 Å². The van der Waals surface area contributed by atoms with E-state index in [4.69, 9.17) is 16.3 Å². The van der Waals surface area contributed by atoms with Crippen molar-refractivity contribution >= 4 is 51.4 Å². The highest BCUT2D eigenvalue weighted by Crippen LogP contribution is 2.25. The van der Waals surface area contributed by atoms with Crippen LogP contribution in [0.15, 0.2) is 22.5 Å². The SMILES string of the molecule is COCCNc1nnc(SCC(=O)Nc2ccc(F)c(Cl)c2)s1. The molecule has 0 atom stereocenters. The van der Waals surface area contributed by atoms with Crippen molar-refractivity contribution in [2.24, 2.45) is 0 Å². The Morgan fingerprint density at radius 3 is 3.04 bits per heavy atom. The monoisotopic (exact) mass is 376 g/mol. The molecule has 1 aromatic carbocycles. The number of rotatable bonds is 8. The quantitative estimate of drug-likeness (QED) is 0.544. The van der Waals surface area contributed by atoms with E-state index in [1.807, 2.05) is 0 Å². The lowest BCUT2D eigenvalue weighted by Gasteiger charge is -2.04. The predicted octanol–water partition coefficient (Wildman–Crippen LogP) is 3.12. The smallest absolute Gasteiger partial charge is 0.234 e. The van der Waals surface area contributed by atoms with E-state index < -0.39 is 5.82 Å². The molecule has 23 heavy (non-hydrogen) atoms. The van der Waals surface area contributed by atoms with E-state index in [0.717, 1.165) is 0 Å². The third kappa shape index (κ3) is 5.94. The summed E-state index contributed by atoms with van der Waals surface area (Å²) in [6.45, 7) is 1.21. The topological polar surface area (TPSA) is 76.1 Å². The lowest BCUT2D eigenvalue weighted by molar-refractivity contribution is -0.113. The molecular formula is C13H14ClFN4O2S2. The van der Waals surface area contributed by atoms with Crippen molar-refractivity contribution in [1.82, 2.24) is 10.2 Å². The van der Waals surface area contributed by atoms with Gasteiger partial charge in [0.15, 0.2) is 4.34 Å². The van der Waals surface area contributed by atoms with Gasteiger partial charge >= 0.3 is 0 Å². The molecule has 0 fully saturated rings. The minimum absolute atomic E-state index is 0.0358. The summed E-state index contributed by atoms with van der Waals surface area (Å²) in [7, 11) is 1.62. The first-order chi connectivity index (χ1) is 11.1. The lowest BCUT2D eigenvalue weighted by Crippen LogP contribution is -2.13. The number of carbonyl (C=O) groups is 1. The summed E-state index contributed by atoms with van der Waals surface area (Å²) in [6, 6.07) is 4.02. The maximum absolute atomic E-state index is 13.0. The number of aromatic nitrogens is 2. The van der Waals surface area contributed by atoms with Gasteiger partial charge in [0.1, 0.15) is 5.82 Å². The summed E-state index contributed by atoms with van der Waals surface area (Å²) in [5, 5.41) is 14.3. The Labute approximate surface area is 145 Å². The van der Waals surface area contributed by atoms with Gasteiger partial charge in [0.05, 0.1) is 17.4 Å². The molecule has 124 valence electrons. The zero-order chi connectivity index (χ0) is 16.7. The van der Waals surface area contributed by atoms with E-state index in [-0.39, 0.29) is 16.7 Å². The standard InChI is InChI=1S/C13H14ClFN4O2S2/c1-21-5-4-16-12-18-19-13(23-12)22-7-11(20)17-8-2-3-10(15)9(14)6-8/h2-3,6H,4-5,7H2,1H3,(H,16,18)(H,17,20). The highest BCUT2D eigenvalue weighted by molar-refractivity contribution is 8.01. The van der Waals surface area contributed by atoms with E-state index in [0.29, 0.717) is 28.3 Å². The number of halogens is 2. The van der Waals surface area contributed by atoms with Crippen molar-refractivity contribution in [3.05, 3.63) is 29.0 Å². The zero-order valence-electron chi connectivity index (χ0n) is 12.1. The number of nitrogens with one attached hydrogen (secondary N) is 2. The van der Waals surface area contributed by atoms with Crippen LogP contribution in [0.3, 0.4) is 0 Å². The first-order valence-electron chi connectivity index (χ1n) is 6.52. The third-order valence-corrected chi connectivity index (χ3v) is 4.82. The number of benzene rings is 1. The number of anilines is 2. The van der Waals surface area contributed by atoms with Gasteiger partial charge in [0, 0.05) is 19.3 Å². The van der Waals surface area contributed by atoms with E-state index in [2.05, 4.69) is 20.8 Å². The third-order valence-electron chi connectivity index (χ3n) is 2.52. The van der Waals surface area contributed by atoms with Gasteiger partial charge in [-0.15, -0.1) is 10.2 Å². The van der Waals surface area contributed by atoms with Gasteiger partial charge in [-0.3, -0.25) is 4.79 Å². The molecule has 2 aromatic rings. The number of ether oxygens (including phenoxy) is 1. The van der Waals surface area contributed by atoms with Crippen molar-refractivity contribution in [1.29, 1.82) is 0 Å². The Morgan fingerprint density at radius 2 is 2.30 bits per heavy atom. The van der Waals surface area contributed by atoms with Crippen LogP contribution in [0.2, 0.25) is 5.02 Å². The van der Waals surface area contributed by atoms with E-state index in [9.17, 15) is 9.18 Å². The van der Waals surface area contributed by atoms with Crippen molar-refractivity contribution in [3.8, 4) is 0 Å². The van der Waals surface area contributed by atoms with Crippen molar-refractivity contribution < 1.29 is 13.9 Å². The average molecular weight is 377 g/mol. The zero-order valence-corrected chi connectivity index (χ0v) is 14.5. The van der Waals surface area contributed by atoms with Gasteiger partial charge in [-0.2, -0.15) is 0 Å². The largest absolute Gasteiger partial charge is 0.383 e. The van der Waals surface area contributed by atoms with Gasteiger partial charge in [-0.25, -0.2) is 4.39 Å². The number of methoxy groups -OCH3 is 1. The van der Waals surface area contributed by atoms with Crippen molar-refractivity contribution in [2.45, 2.75) is 4.34 Å². The van der Waals surface area contributed by atoms with E-state index >= 15 is 0 Å². The first kappa shape index (κ1) is 17.9. The number of nitrogens with zero attached hydrogens (tertiary/aromatic N) is 2. The molecule has 1 aromatic heterocycles. The molecule has 0 spiro atoms. The second-order valence-electron chi connectivity index (χ2n) is 4.26. The molecule has 0 aliphatic rings. The molecule has 0 aliphatic heterocycles. The Morgan fingerprint density at radius 1 is 1.48 bits per heavy atom. The summed E-state index contributed by atoms with van der Waals surface area (Å²) in [4.78, 5) is 11.9. The molecule has 0 saturated carbocycles. The highest BCUT2D eigenvalue weighted by Gasteiger charge is 2.09. The predicted molar refractivity (Wildman–Crippen MR) is 91.0 cm³/mol. The molecule has 0 unspecified atom stereocenters. The molecule has 2 rings (SSSR count). The summed E-state index contributed by atoms with van der Waals surface area (Å²) in [6.07, 6.45) is 0. The molecule has 2 N–H and O–H groups in total. The molecule has 0 saturated heterocycles. The summed E-state index contributed by atoms with van der Waals surface area (Å²) >= 11 is 8.29. The van der Waals surface area contributed by atoms with Gasteiger partial charge < -0.3 is 15.4 Å². The molecule has 1 heterocycles. The van der Waals surface area contributed by atoms with Crippen LogP contribution in [0.1, 0.15) is 0 Å². The minimum atomic E-state index is -0.526. The molecule has 0 aliphatic carbocycles. The highest BCUT2D eigenvalue weighted by atomic mass is 35.5. The summed E-state index contributed by atoms with van der Waals surface area (Å²) in [5.41, 5.74) is 0.446. The fraction of sp³-hybridized carbons (Fsp3) is 0.308. The molecule has 0 bridgehead atoms. The second-order valence-corrected chi connectivity index (χ2v) is 6.87. The van der Waals surface area contributed by atoms with Crippen LogP contribution in [0.4, 0.5) is 15.2 Å². The first-order valence-corrected chi connectivity index (χ1v) is 8.70. The van der Waals surface area contributed by atoms with Crippen LogP contribution in [-0.2, 0) is 9.53 Å². The minimum Gasteiger partial charge on any atom is -0.383 e. The molecule has 10 heteroatoms. The molecule has 1 amide bonds. The average Bonchev–Trinajstić information content (AvgIpc) is 2.97. The number of hydrogen-bond acceptors (Lipinski definition) is 7. The van der Waals surface area contributed by atoms with Gasteiger partial charge in [-0.1, -0.05) is 34.7 Å². The Balaban J connectivity index is 1.78. The molecule has 6 nitrogen and oxygen atoms in total. The number of hydrogen-bond donors (Lipinski definition) is 2. The van der Waals surface area contributed by atoms with Crippen LogP contribution >= 0.6 is 34.7 Å². The fourth-order valence-corrected chi connectivity index (χ4v) is 3.26. The van der Waals surface area contributed by atoms with Crippen LogP contribution < -0.4 is 10.6 Å². The van der Waals surface area contributed by atoms with Crippen LogP contribution in [0.5, 0.6) is 0 Å². The summed E-state index contributed by atoms with van der Waals surface area (Å²) < 4.78 is 18.6. The fourth-order valence-electron chi connectivity index (χ4n) is 1.50. The molecule has 0 radical (unpaired) electrons. The van der Waals surface area contributed by atoms with Crippen LogP contribution in [-0.4, -0.2) is 42.1 Å². The van der Waals surface area contributed by atoms with Crippen molar-refractivity contribution in [3.63, 3.8) is 0 Å². The number of amides is 1. The molecular weight excluding hydrogens is 363 g/mol. The Kier molecular flexibility index (Phi) is 7.03. The number of carbonyl (C=O) groups excluding carboxylic acids is 1. The maximum atomic E-state index is 13.0. The van der Waals surface area contributed by atoms with Crippen LogP contribution in [0.25, 0.3) is 0 Å².